The van der Waals surface area contributed by atoms with Gasteiger partial charge in [0.15, 0.2) is 0 Å². The van der Waals surface area contributed by atoms with E-state index < -0.39 is 0 Å². The standard InChI is InChI=1S/C37H41N7O4/c1-24-31-20-34(39-23-32(31)30-13-12-29(19-33(30)48-24)44-16-6-10-37(44)47)40-27-18-28(22-38-21-27)42-36(46)14-11-25-7-4-8-26(17-25)41-35(45)9-5-15-43(2)3/h4,7-8,12-13,17-24H,5-6,9-11,14-16H2,1-3H3,(H,39,40)(H,41,45)(H,42,46). The molecule has 2 aromatic carbocycles. The van der Waals surface area contributed by atoms with Crippen molar-refractivity contribution < 1.29 is 19.1 Å². The van der Waals surface area contributed by atoms with E-state index >= 15 is 0 Å². The van der Waals surface area contributed by atoms with Crippen LogP contribution in [0.2, 0.25) is 0 Å². The fraction of sp³-hybridized carbons (Fsp3) is 0.324. The highest BCUT2D eigenvalue weighted by Crippen LogP contribution is 2.44. The van der Waals surface area contributed by atoms with Crippen LogP contribution >= 0.6 is 0 Å². The molecule has 1 unspecified atom stereocenters. The van der Waals surface area contributed by atoms with Crippen LogP contribution in [0.5, 0.6) is 5.75 Å². The molecule has 1 fully saturated rings. The molecule has 248 valence electrons. The molecule has 0 bridgehead atoms. The molecular formula is C37H41N7O4. The zero-order valence-corrected chi connectivity index (χ0v) is 27.6. The lowest BCUT2D eigenvalue weighted by molar-refractivity contribution is -0.117. The van der Waals surface area contributed by atoms with E-state index in [-0.39, 0.29) is 30.2 Å². The Balaban J connectivity index is 1.04. The molecule has 0 radical (unpaired) electrons. The number of anilines is 5. The van der Waals surface area contributed by atoms with Crippen molar-refractivity contribution in [1.29, 1.82) is 0 Å². The number of carbonyl (C=O) groups excluding carboxylic acids is 3. The van der Waals surface area contributed by atoms with E-state index in [9.17, 15) is 14.4 Å². The van der Waals surface area contributed by atoms with Crippen molar-refractivity contribution in [2.75, 3.05) is 48.0 Å². The maximum Gasteiger partial charge on any atom is 0.227 e. The maximum absolute atomic E-state index is 12.8. The minimum absolute atomic E-state index is 0.0162. The number of nitrogens with zero attached hydrogens (tertiary/aromatic N) is 4. The summed E-state index contributed by atoms with van der Waals surface area (Å²) in [6.07, 6.45) is 8.41. The number of carbonyl (C=O) groups is 3. The molecule has 1 saturated heterocycles. The number of hydrogen-bond donors (Lipinski definition) is 3. The average molecular weight is 648 g/mol. The maximum atomic E-state index is 12.8. The van der Waals surface area contributed by atoms with E-state index in [4.69, 9.17) is 4.74 Å². The molecule has 4 heterocycles. The first-order chi connectivity index (χ1) is 23.2. The molecule has 3 N–H and O–H groups in total. The number of nitrogens with one attached hydrogen (secondary N) is 3. The van der Waals surface area contributed by atoms with Gasteiger partial charge in [0.25, 0.3) is 0 Å². The molecule has 0 spiro atoms. The molecule has 4 aromatic rings. The van der Waals surface area contributed by atoms with E-state index in [1.54, 1.807) is 12.4 Å². The van der Waals surface area contributed by atoms with Crippen molar-refractivity contribution in [3.05, 3.63) is 84.3 Å². The fourth-order valence-corrected chi connectivity index (χ4v) is 6.06. The smallest absolute Gasteiger partial charge is 0.227 e. The van der Waals surface area contributed by atoms with Crippen LogP contribution < -0.4 is 25.6 Å². The number of benzene rings is 2. The largest absolute Gasteiger partial charge is 0.485 e. The summed E-state index contributed by atoms with van der Waals surface area (Å²) in [5, 5.41) is 9.18. The summed E-state index contributed by atoms with van der Waals surface area (Å²) in [4.78, 5) is 50.2. The summed E-state index contributed by atoms with van der Waals surface area (Å²) >= 11 is 0. The van der Waals surface area contributed by atoms with Crippen LogP contribution in [0.1, 0.15) is 56.3 Å². The monoisotopic (exact) mass is 647 g/mol. The van der Waals surface area contributed by atoms with Crippen molar-refractivity contribution in [1.82, 2.24) is 14.9 Å². The lowest BCUT2D eigenvalue weighted by atomic mass is 9.94. The van der Waals surface area contributed by atoms with Crippen LogP contribution in [-0.4, -0.2) is 59.8 Å². The summed E-state index contributed by atoms with van der Waals surface area (Å²) in [5.41, 5.74) is 6.73. The second-order valence-electron chi connectivity index (χ2n) is 12.5. The Hall–Kier alpha value is -5.29. The van der Waals surface area contributed by atoms with Gasteiger partial charge in [0, 0.05) is 66.1 Å². The normalized spacial score (nSPS) is 15.0. The van der Waals surface area contributed by atoms with Crippen LogP contribution in [0.15, 0.2) is 73.2 Å². The van der Waals surface area contributed by atoms with Crippen LogP contribution in [0, 0.1) is 0 Å². The van der Waals surface area contributed by atoms with Crippen molar-refractivity contribution >= 4 is 46.3 Å². The molecule has 6 rings (SSSR count). The van der Waals surface area contributed by atoms with Crippen LogP contribution in [0.3, 0.4) is 0 Å². The van der Waals surface area contributed by atoms with Gasteiger partial charge in [-0.25, -0.2) is 4.98 Å². The average Bonchev–Trinajstić information content (AvgIpc) is 3.49. The second kappa shape index (κ2) is 14.6. The number of pyridine rings is 2. The fourth-order valence-electron chi connectivity index (χ4n) is 6.06. The lowest BCUT2D eigenvalue weighted by Gasteiger charge is -2.28. The molecule has 0 saturated carbocycles. The van der Waals surface area contributed by atoms with Gasteiger partial charge in [-0.2, -0.15) is 0 Å². The quantitative estimate of drug-likeness (QED) is 0.163. The van der Waals surface area contributed by atoms with E-state index in [0.29, 0.717) is 36.5 Å². The highest BCUT2D eigenvalue weighted by atomic mass is 16.5. The molecule has 11 heteroatoms. The lowest BCUT2D eigenvalue weighted by Crippen LogP contribution is -2.24. The number of fused-ring (bicyclic) bond motifs is 3. The molecule has 48 heavy (non-hydrogen) atoms. The minimum Gasteiger partial charge on any atom is -0.485 e. The Morgan fingerprint density at radius 2 is 1.75 bits per heavy atom. The van der Waals surface area contributed by atoms with Gasteiger partial charge < -0.3 is 30.5 Å². The van der Waals surface area contributed by atoms with Gasteiger partial charge in [-0.1, -0.05) is 12.1 Å². The van der Waals surface area contributed by atoms with Crippen molar-refractivity contribution in [3.63, 3.8) is 0 Å². The molecular weight excluding hydrogens is 606 g/mol. The first-order valence-corrected chi connectivity index (χ1v) is 16.4. The first kappa shape index (κ1) is 32.6. The highest BCUT2D eigenvalue weighted by Gasteiger charge is 2.27. The summed E-state index contributed by atoms with van der Waals surface area (Å²) in [7, 11) is 3.98. The number of amides is 3. The Morgan fingerprint density at radius 3 is 2.56 bits per heavy atom. The molecule has 2 aliphatic heterocycles. The number of rotatable bonds is 12. The number of aryl methyl sites for hydroxylation is 1. The Morgan fingerprint density at radius 1 is 0.938 bits per heavy atom. The van der Waals surface area contributed by atoms with Gasteiger partial charge in [0.2, 0.25) is 17.7 Å². The number of aromatic nitrogens is 2. The Labute approximate surface area is 280 Å². The molecule has 11 nitrogen and oxygen atoms in total. The SMILES string of the molecule is CC1Oc2cc(N3CCCC3=O)ccc2-c2cnc(Nc3cncc(NC(=O)CCc4cccc(NC(=O)CCCN(C)C)c4)c3)cc21. The van der Waals surface area contributed by atoms with E-state index in [2.05, 4.69) is 30.8 Å². The van der Waals surface area contributed by atoms with Crippen LogP contribution in [0.4, 0.5) is 28.6 Å². The Kier molecular flexibility index (Phi) is 9.96. The van der Waals surface area contributed by atoms with Gasteiger partial charge in [0.1, 0.15) is 17.7 Å². The van der Waals surface area contributed by atoms with Crippen molar-refractivity contribution in [2.24, 2.45) is 0 Å². The molecule has 3 amide bonds. The Bertz CT molecular complexity index is 1830. The number of ether oxygens (including phenoxy) is 1. The van der Waals surface area contributed by atoms with Gasteiger partial charge in [0.05, 0.1) is 23.8 Å². The number of hydrogen-bond acceptors (Lipinski definition) is 8. The zero-order valence-electron chi connectivity index (χ0n) is 27.6. The van der Waals surface area contributed by atoms with Crippen LogP contribution in [0.25, 0.3) is 11.1 Å². The summed E-state index contributed by atoms with van der Waals surface area (Å²) < 4.78 is 6.29. The highest BCUT2D eigenvalue weighted by molar-refractivity contribution is 5.96. The molecule has 2 aromatic heterocycles. The minimum atomic E-state index is -0.214. The first-order valence-electron chi connectivity index (χ1n) is 16.4. The van der Waals surface area contributed by atoms with Gasteiger partial charge in [-0.05, 0) is 88.8 Å². The summed E-state index contributed by atoms with van der Waals surface area (Å²) in [6.45, 7) is 3.59. The third-order valence-corrected chi connectivity index (χ3v) is 8.47. The predicted octanol–water partition coefficient (Wildman–Crippen LogP) is 6.32. The molecule has 0 aliphatic carbocycles. The molecule has 1 atom stereocenters. The van der Waals surface area contributed by atoms with Gasteiger partial charge in [-0.3, -0.25) is 19.4 Å². The molecule has 2 aliphatic rings. The third-order valence-electron chi connectivity index (χ3n) is 8.47. The van der Waals surface area contributed by atoms with E-state index in [1.807, 2.05) is 86.7 Å². The topological polar surface area (TPSA) is 129 Å². The van der Waals surface area contributed by atoms with Crippen LogP contribution in [-0.2, 0) is 20.8 Å². The van der Waals surface area contributed by atoms with Gasteiger partial charge >= 0.3 is 0 Å². The zero-order chi connectivity index (χ0) is 33.6. The van der Waals surface area contributed by atoms with Crippen molar-refractivity contribution in [3.8, 4) is 16.9 Å². The third kappa shape index (κ3) is 7.98. The second-order valence-corrected chi connectivity index (χ2v) is 12.5. The summed E-state index contributed by atoms with van der Waals surface area (Å²) in [6, 6.07) is 17.3. The van der Waals surface area contributed by atoms with E-state index in [1.165, 1.54) is 0 Å². The summed E-state index contributed by atoms with van der Waals surface area (Å²) in [5.74, 6) is 1.36. The predicted molar refractivity (Wildman–Crippen MR) is 188 cm³/mol. The van der Waals surface area contributed by atoms with Crippen molar-refractivity contribution in [2.45, 2.75) is 51.6 Å². The van der Waals surface area contributed by atoms with Gasteiger partial charge in [-0.15, -0.1) is 0 Å². The van der Waals surface area contributed by atoms with E-state index in [0.717, 1.165) is 65.3 Å².